The Labute approximate surface area is 409 Å². The van der Waals surface area contributed by atoms with E-state index >= 15 is 0 Å². The standard InChI is InChI=1S/C64H45BN4Si/c1-5-22-45(23-6-1)61-55-34-13-17-36-57(55)65(58-37-18-14-35-56(58)61)48-40-42-51(43-41-48)70(49-27-9-3-10-28-49,50-29-11-4-12-30-50)52-31-21-26-47(44-52)63-66-62(46-24-7-2-8-25-46)67-64(68-63)69-59-38-19-15-32-53(59)54-33-16-20-39-60(54)69/h1-44,61H. The molecule has 13 rings (SSSR count). The van der Waals surface area contributed by atoms with Gasteiger partial charge in [0.25, 0.3) is 0 Å². The van der Waals surface area contributed by atoms with Crippen LogP contribution in [0.2, 0.25) is 0 Å². The van der Waals surface area contributed by atoms with Crippen LogP contribution in [0.25, 0.3) is 50.5 Å². The molecule has 328 valence electrons. The van der Waals surface area contributed by atoms with Gasteiger partial charge >= 0.3 is 0 Å². The predicted molar refractivity (Wildman–Crippen MR) is 294 cm³/mol. The van der Waals surface area contributed by atoms with E-state index in [0.29, 0.717) is 17.6 Å². The molecule has 0 N–H and O–H groups in total. The van der Waals surface area contributed by atoms with E-state index in [0.717, 1.165) is 32.9 Å². The Morgan fingerprint density at radius 3 is 1.39 bits per heavy atom. The lowest BCUT2D eigenvalue weighted by atomic mass is 9.32. The number of hydrogen-bond donors (Lipinski definition) is 0. The van der Waals surface area contributed by atoms with Gasteiger partial charge in [0.1, 0.15) is 0 Å². The summed E-state index contributed by atoms with van der Waals surface area (Å²) in [5.41, 5.74) is 12.0. The summed E-state index contributed by atoms with van der Waals surface area (Å²) in [4.78, 5) is 15.9. The molecule has 0 saturated carbocycles. The van der Waals surface area contributed by atoms with Crippen molar-refractivity contribution in [2.45, 2.75) is 5.92 Å². The summed E-state index contributed by atoms with van der Waals surface area (Å²) in [6.45, 7) is 0.0839. The van der Waals surface area contributed by atoms with Crippen molar-refractivity contribution < 1.29 is 0 Å². The van der Waals surface area contributed by atoms with Crippen molar-refractivity contribution in [3.8, 4) is 28.7 Å². The van der Waals surface area contributed by atoms with E-state index < -0.39 is 8.07 Å². The van der Waals surface area contributed by atoms with Crippen molar-refractivity contribution in [3.05, 3.63) is 284 Å². The first-order valence-corrected chi connectivity index (χ1v) is 26.1. The van der Waals surface area contributed by atoms with Crippen LogP contribution in [0.4, 0.5) is 0 Å². The molecule has 4 nitrogen and oxygen atoms in total. The number of rotatable bonds is 9. The first kappa shape index (κ1) is 41.5. The summed E-state index contributed by atoms with van der Waals surface area (Å²) in [5, 5.41) is 7.47. The zero-order valence-electron chi connectivity index (χ0n) is 38.3. The second-order valence-electron chi connectivity index (χ2n) is 18.2. The van der Waals surface area contributed by atoms with E-state index in [1.165, 1.54) is 53.8 Å². The van der Waals surface area contributed by atoms with Gasteiger partial charge in [-0.15, -0.1) is 0 Å². The first-order chi connectivity index (χ1) is 34.7. The van der Waals surface area contributed by atoms with Gasteiger partial charge in [0.15, 0.2) is 19.7 Å². The van der Waals surface area contributed by atoms with Gasteiger partial charge in [-0.2, -0.15) is 9.97 Å². The van der Waals surface area contributed by atoms with E-state index in [-0.39, 0.29) is 12.6 Å². The molecule has 1 aliphatic rings. The molecule has 0 aliphatic carbocycles. The molecule has 6 heteroatoms. The fourth-order valence-corrected chi connectivity index (χ4v) is 16.2. The van der Waals surface area contributed by atoms with Gasteiger partial charge in [0.2, 0.25) is 12.7 Å². The predicted octanol–water partition coefficient (Wildman–Crippen LogP) is 9.69. The van der Waals surface area contributed by atoms with Crippen LogP contribution in [0.3, 0.4) is 0 Å². The van der Waals surface area contributed by atoms with E-state index in [1.807, 2.05) is 18.2 Å². The average molecular weight is 909 g/mol. The number of nitrogens with zero attached hydrogens (tertiary/aromatic N) is 4. The van der Waals surface area contributed by atoms with Crippen molar-refractivity contribution in [2.24, 2.45) is 0 Å². The Morgan fingerprint density at radius 2 is 0.800 bits per heavy atom. The molecular weight excluding hydrogens is 864 g/mol. The summed E-state index contributed by atoms with van der Waals surface area (Å²) >= 11 is 0. The molecule has 0 atom stereocenters. The molecule has 3 heterocycles. The Bertz CT molecular complexity index is 3700. The lowest BCUT2D eigenvalue weighted by molar-refractivity contribution is 0.953. The van der Waals surface area contributed by atoms with Crippen LogP contribution in [0.1, 0.15) is 22.6 Å². The van der Waals surface area contributed by atoms with E-state index in [1.54, 1.807) is 0 Å². The molecular formula is C64H45BN4Si. The van der Waals surface area contributed by atoms with Gasteiger partial charge in [-0.3, -0.25) is 4.57 Å². The zero-order chi connectivity index (χ0) is 46.4. The van der Waals surface area contributed by atoms with Crippen LogP contribution in [-0.2, 0) is 0 Å². The highest BCUT2D eigenvalue weighted by Crippen LogP contribution is 2.34. The summed E-state index contributed by atoms with van der Waals surface area (Å²) < 4.78 is 2.19. The molecule has 0 spiro atoms. The summed E-state index contributed by atoms with van der Waals surface area (Å²) in [6, 6.07) is 97.4. The molecule has 0 radical (unpaired) electrons. The Hall–Kier alpha value is -8.71. The molecule has 12 aromatic rings. The van der Waals surface area contributed by atoms with Gasteiger partial charge < -0.3 is 0 Å². The number of benzene rings is 10. The van der Waals surface area contributed by atoms with Crippen molar-refractivity contribution >= 4 is 73.7 Å². The third kappa shape index (κ3) is 6.87. The van der Waals surface area contributed by atoms with Crippen molar-refractivity contribution in [2.75, 3.05) is 0 Å². The topological polar surface area (TPSA) is 43.6 Å². The Balaban J connectivity index is 0.999. The number of hydrogen-bond acceptors (Lipinski definition) is 3. The second kappa shape index (κ2) is 17.4. The maximum absolute atomic E-state index is 5.39. The summed E-state index contributed by atoms with van der Waals surface area (Å²) in [7, 11) is -3.03. The average Bonchev–Trinajstić information content (AvgIpc) is 3.78. The summed E-state index contributed by atoms with van der Waals surface area (Å²) in [6.07, 6.45) is 0. The van der Waals surface area contributed by atoms with Crippen molar-refractivity contribution in [1.82, 2.24) is 19.5 Å². The van der Waals surface area contributed by atoms with Gasteiger partial charge in [0.05, 0.1) is 11.0 Å². The smallest absolute Gasteiger partial charge is 0.241 e. The molecule has 2 aromatic heterocycles. The van der Waals surface area contributed by atoms with Crippen LogP contribution in [0, 0.1) is 0 Å². The molecule has 1 aliphatic heterocycles. The molecule has 10 aromatic carbocycles. The van der Waals surface area contributed by atoms with Crippen LogP contribution < -0.4 is 37.1 Å². The lowest BCUT2D eigenvalue weighted by Crippen LogP contribution is -2.75. The summed E-state index contributed by atoms with van der Waals surface area (Å²) in [5.74, 6) is 1.99. The highest BCUT2D eigenvalue weighted by Gasteiger charge is 2.42. The molecule has 0 bridgehead atoms. The Kier molecular flexibility index (Phi) is 10.3. The molecule has 0 saturated heterocycles. The largest absolute Gasteiger partial charge is 0.278 e. The van der Waals surface area contributed by atoms with Gasteiger partial charge in [-0.05, 0) is 49.6 Å². The normalized spacial score (nSPS) is 12.5. The van der Waals surface area contributed by atoms with Gasteiger partial charge in [0, 0.05) is 27.8 Å². The third-order valence-corrected chi connectivity index (χ3v) is 19.2. The fraction of sp³-hybridized carbons (Fsp3) is 0.0156. The number of fused-ring (bicyclic) bond motifs is 5. The first-order valence-electron chi connectivity index (χ1n) is 24.1. The van der Waals surface area contributed by atoms with Crippen molar-refractivity contribution in [3.63, 3.8) is 0 Å². The van der Waals surface area contributed by atoms with Gasteiger partial charge in [-0.25, -0.2) is 4.98 Å². The highest BCUT2D eigenvalue weighted by atomic mass is 28.3. The van der Waals surface area contributed by atoms with Crippen LogP contribution >= 0.6 is 0 Å². The number of para-hydroxylation sites is 2. The highest BCUT2D eigenvalue weighted by molar-refractivity contribution is 7.20. The number of aromatic nitrogens is 4. The quantitative estimate of drug-likeness (QED) is 0.107. The molecule has 70 heavy (non-hydrogen) atoms. The minimum atomic E-state index is -3.03. The lowest BCUT2D eigenvalue weighted by Gasteiger charge is -2.36. The monoisotopic (exact) mass is 908 g/mol. The maximum atomic E-state index is 5.39. The molecule has 0 unspecified atom stereocenters. The van der Waals surface area contributed by atoms with Crippen LogP contribution in [-0.4, -0.2) is 34.3 Å². The molecule has 0 fully saturated rings. The van der Waals surface area contributed by atoms with Crippen LogP contribution in [0.15, 0.2) is 267 Å². The van der Waals surface area contributed by atoms with E-state index in [2.05, 4.69) is 253 Å². The van der Waals surface area contributed by atoms with Gasteiger partial charge in [-0.1, -0.05) is 271 Å². The molecule has 0 amide bonds. The zero-order valence-corrected chi connectivity index (χ0v) is 39.3. The minimum Gasteiger partial charge on any atom is -0.278 e. The third-order valence-electron chi connectivity index (χ3n) is 14.4. The Morgan fingerprint density at radius 1 is 0.357 bits per heavy atom. The SMILES string of the molecule is c1ccc(-c2nc(-c3cccc([Si](c4ccccc4)(c4ccccc4)c4ccc(B5c6ccccc6C(c6ccccc6)c6ccccc65)cc4)c3)nc(-n3c4ccccc4c4ccccc43)n2)cc1. The van der Waals surface area contributed by atoms with Crippen molar-refractivity contribution in [1.29, 1.82) is 0 Å². The fourth-order valence-electron chi connectivity index (χ4n) is 11.4. The van der Waals surface area contributed by atoms with Crippen LogP contribution in [0.5, 0.6) is 0 Å². The second-order valence-corrected chi connectivity index (χ2v) is 22.0. The maximum Gasteiger partial charge on any atom is 0.241 e. The van der Waals surface area contributed by atoms with E-state index in [9.17, 15) is 0 Å². The van der Waals surface area contributed by atoms with E-state index in [4.69, 9.17) is 15.0 Å². The minimum absolute atomic E-state index is 0.0839.